The summed E-state index contributed by atoms with van der Waals surface area (Å²) in [6, 6.07) is 21.6. The van der Waals surface area contributed by atoms with Crippen LogP contribution in [0.3, 0.4) is 0 Å². The first-order valence-corrected chi connectivity index (χ1v) is 12.8. The minimum Gasteiger partial charge on any atom is -0.494 e. The Morgan fingerprint density at radius 3 is 2.74 bits per heavy atom. The van der Waals surface area contributed by atoms with Crippen LogP contribution in [0.4, 0.5) is 5.69 Å². The molecule has 3 N–H and O–H groups in total. The van der Waals surface area contributed by atoms with E-state index >= 15 is 0 Å². The Kier molecular flexibility index (Phi) is 9.40. The lowest BCUT2D eigenvalue weighted by Crippen LogP contribution is -2.55. The van der Waals surface area contributed by atoms with Gasteiger partial charge >= 0.3 is 0 Å². The summed E-state index contributed by atoms with van der Waals surface area (Å²) in [5, 5.41) is 13.3. The maximum Gasteiger partial charge on any atom is 0.266 e. The smallest absolute Gasteiger partial charge is 0.266 e. The first kappa shape index (κ1) is 27.9. The molecule has 0 unspecified atom stereocenters. The topological polar surface area (TPSA) is 141 Å². The SMILES string of the molecule is C[C@@H]1OC(c2ccc(OCCCO)cc2)=N[C@]1(Cc1ccccc1N=[N+]=[N-])C(=O)NNCc1cccc(Cl)c1. The van der Waals surface area contributed by atoms with Crippen LogP contribution in [0.25, 0.3) is 10.4 Å². The second-order valence-electron chi connectivity index (χ2n) is 8.98. The molecule has 0 radical (unpaired) electrons. The number of rotatable bonds is 12. The first-order chi connectivity index (χ1) is 18.9. The fourth-order valence-corrected chi connectivity index (χ4v) is 4.43. The summed E-state index contributed by atoms with van der Waals surface area (Å²) in [4.78, 5) is 21.5. The minimum absolute atomic E-state index is 0.0571. The number of halogens is 1. The molecule has 0 fully saturated rings. The lowest BCUT2D eigenvalue weighted by molar-refractivity contribution is -0.129. The number of nitrogens with zero attached hydrogens (tertiary/aromatic N) is 4. The number of nitrogens with one attached hydrogen (secondary N) is 2. The Hall–Kier alpha value is -4.08. The number of aliphatic hydroxyl groups excluding tert-OH is 1. The van der Waals surface area contributed by atoms with Gasteiger partial charge in [-0.05, 0) is 60.0 Å². The van der Waals surface area contributed by atoms with Crippen LogP contribution in [-0.4, -0.2) is 41.8 Å². The molecule has 3 aromatic rings. The van der Waals surface area contributed by atoms with Crippen molar-refractivity contribution in [3.63, 3.8) is 0 Å². The van der Waals surface area contributed by atoms with Gasteiger partial charge in [0.2, 0.25) is 5.90 Å². The zero-order valence-electron chi connectivity index (χ0n) is 21.4. The van der Waals surface area contributed by atoms with E-state index in [1.807, 2.05) is 18.2 Å². The third-order valence-corrected chi connectivity index (χ3v) is 6.55. The number of carbonyl (C=O) groups is 1. The highest BCUT2D eigenvalue weighted by molar-refractivity contribution is 6.30. The molecule has 0 saturated heterocycles. The molecule has 1 aliphatic rings. The monoisotopic (exact) mass is 548 g/mol. The summed E-state index contributed by atoms with van der Waals surface area (Å²) in [7, 11) is 0. The van der Waals surface area contributed by atoms with Gasteiger partial charge in [0.15, 0.2) is 5.54 Å². The van der Waals surface area contributed by atoms with Crippen molar-refractivity contribution in [3.8, 4) is 5.75 Å². The van der Waals surface area contributed by atoms with Gasteiger partial charge in [-0.3, -0.25) is 10.2 Å². The predicted molar refractivity (Wildman–Crippen MR) is 149 cm³/mol. The number of benzene rings is 3. The lowest BCUT2D eigenvalue weighted by atomic mass is 9.85. The van der Waals surface area contributed by atoms with Gasteiger partial charge in [-0.25, -0.2) is 10.4 Å². The van der Waals surface area contributed by atoms with E-state index in [4.69, 9.17) is 36.7 Å². The van der Waals surface area contributed by atoms with Gasteiger partial charge in [0, 0.05) is 47.2 Å². The van der Waals surface area contributed by atoms with E-state index < -0.39 is 17.6 Å². The molecular formula is C28H29ClN6O4. The molecule has 10 nitrogen and oxygen atoms in total. The number of aliphatic imine (C=N–C) groups is 1. The Morgan fingerprint density at radius 2 is 2.00 bits per heavy atom. The molecule has 1 heterocycles. The van der Waals surface area contributed by atoms with Crippen LogP contribution in [0.15, 0.2) is 82.9 Å². The van der Waals surface area contributed by atoms with Gasteiger partial charge in [0.05, 0.1) is 6.61 Å². The summed E-state index contributed by atoms with van der Waals surface area (Å²) < 4.78 is 11.7. The summed E-state index contributed by atoms with van der Waals surface area (Å²) in [5.41, 5.74) is 16.1. The molecule has 0 aromatic heterocycles. The maximum atomic E-state index is 13.8. The standard InChI is InChI=1S/C28H29ClN6O4/c1-19-28(17-22-7-2-3-9-25(22)33-35-30,27(37)34-31-18-20-6-4-8-23(29)16-20)32-26(39-19)21-10-12-24(13-11-21)38-15-5-14-36/h2-4,6-13,16,19,31,36H,5,14-15,17-18H2,1H3,(H,34,37)/t19-,28-/m0/s1. The van der Waals surface area contributed by atoms with Gasteiger partial charge in [-0.15, -0.1) is 0 Å². The van der Waals surface area contributed by atoms with E-state index in [1.165, 1.54) is 0 Å². The van der Waals surface area contributed by atoms with Crippen molar-refractivity contribution in [2.45, 2.75) is 38.0 Å². The zero-order valence-corrected chi connectivity index (χ0v) is 22.1. The van der Waals surface area contributed by atoms with Crippen molar-refractivity contribution < 1.29 is 19.4 Å². The molecule has 1 aliphatic heterocycles. The fraction of sp³-hybridized carbons (Fsp3) is 0.286. The van der Waals surface area contributed by atoms with Crippen LogP contribution in [0, 0.1) is 0 Å². The Bertz CT molecular complexity index is 1380. The quantitative estimate of drug-likeness (QED) is 0.0958. The number of ether oxygens (including phenoxy) is 2. The van der Waals surface area contributed by atoms with Crippen LogP contribution >= 0.6 is 11.6 Å². The second-order valence-corrected chi connectivity index (χ2v) is 9.42. The molecule has 1 amide bonds. The number of hydrogen-bond acceptors (Lipinski definition) is 7. The van der Waals surface area contributed by atoms with Crippen LogP contribution in [0.1, 0.15) is 30.0 Å². The number of amides is 1. The van der Waals surface area contributed by atoms with Gasteiger partial charge < -0.3 is 14.6 Å². The van der Waals surface area contributed by atoms with E-state index in [-0.39, 0.29) is 13.0 Å². The molecular weight excluding hydrogens is 520 g/mol. The summed E-state index contributed by atoms with van der Waals surface area (Å²) >= 11 is 6.08. The largest absolute Gasteiger partial charge is 0.494 e. The third kappa shape index (κ3) is 6.87. The molecule has 3 aromatic carbocycles. The molecule has 0 aliphatic carbocycles. The molecule has 202 valence electrons. The van der Waals surface area contributed by atoms with Crippen molar-refractivity contribution in [3.05, 3.63) is 105 Å². The number of carbonyl (C=O) groups excluding carboxylic acids is 1. The van der Waals surface area contributed by atoms with Gasteiger partial charge in [-0.2, -0.15) is 0 Å². The van der Waals surface area contributed by atoms with Gasteiger partial charge in [0.1, 0.15) is 11.9 Å². The van der Waals surface area contributed by atoms with E-state index in [9.17, 15) is 4.79 Å². The van der Waals surface area contributed by atoms with Crippen LogP contribution in [0.2, 0.25) is 5.02 Å². The van der Waals surface area contributed by atoms with E-state index in [0.29, 0.717) is 53.1 Å². The summed E-state index contributed by atoms with van der Waals surface area (Å²) in [5.74, 6) is 0.568. The normalized spacial score (nSPS) is 18.0. The number of azide groups is 1. The second kappa shape index (κ2) is 13.1. The van der Waals surface area contributed by atoms with Crippen molar-refractivity contribution >= 4 is 29.1 Å². The van der Waals surface area contributed by atoms with Crippen molar-refractivity contribution in [2.75, 3.05) is 13.2 Å². The average Bonchev–Trinajstić information content (AvgIpc) is 3.27. The Morgan fingerprint density at radius 1 is 1.21 bits per heavy atom. The molecule has 0 spiro atoms. The average molecular weight is 549 g/mol. The maximum absolute atomic E-state index is 13.8. The van der Waals surface area contributed by atoms with Crippen LogP contribution in [0.5, 0.6) is 5.75 Å². The molecule has 4 rings (SSSR count). The number of aliphatic hydroxyl groups is 1. The highest BCUT2D eigenvalue weighted by Crippen LogP contribution is 2.35. The summed E-state index contributed by atoms with van der Waals surface area (Å²) in [6.07, 6.45) is 0.0370. The molecule has 2 atom stereocenters. The van der Waals surface area contributed by atoms with E-state index in [0.717, 1.165) is 5.56 Å². The van der Waals surface area contributed by atoms with E-state index in [2.05, 4.69) is 20.9 Å². The van der Waals surface area contributed by atoms with E-state index in [1.54, 1.807) is 61.5 Å². The highest BCUT2D eigenvalue weighted by atomic mass is 35.5. The van der Waals surface area contributed by atoms with Crippen LogP contribution < -0.4 is 15.6 Å². The number of hydrazine groups is 1. The first-order valence-electron chi connectivity index (χ1n) is 12.5. The molecule has 39 heavy (non-hydrogen) atoms. The summed E-state index contributed by atoms with van der Waals surface area (Å²) in [6.45, 7) is 2.60. The van der Waals surface area contributed by atoms with Gasteiger partial charge in [-0.1, -0.05) is 53.1 Å². The molecule has 0 saturated carbocycles. The van der Waals surface area contributed by atoms with Crippen LogP contribution in [-0.2, 0) is 22.5 Å². The Labute approximate surface area is 231 Å². The lowest BCUT2D eigenvalue weighted by Gasteiger charge is -2.28. The fourth-order valence-electron chi connectivity index (χ4n) is 4.22. The Balaban J connectivity index is 1.61. The minimum atomic E-state index is -1.35. The van der Waals surface area contributed by atoms with Crippen molar-refractivity contribution in [1.29, 1.82) is 0 Å². The predicted octanol–water partition coefficient (Wildman–Crippen LogP) is 5.01. The van der Waals surface area contributed by atoms with Crippen molar-refractivity contribution in [1.82, 2.24) is 10.9 Å². The number of hydrogen-bond donors (Lipinski definition) is 3. The molecule has 0 bridgehead atoms. The highest BCUT2D eigenvalue weighted by Gasteiger charge is 2.50. The van der Waals surface area contributed by atoms with Crippen molar-refractivity contribution in [2.24, 2.45) is 10.1 Å². The third-order valence-electron chi connectivity index (χ3n) is 6.32. The zero-order chi connectivity index (χ0) is 27.7. The van der Waals surface area contributed by atoms with Gasteiger partial charge in [0.25, 0.3) is 5.91 Å². The molecule has 11 heteroatoms.